The van der Waals surface area contributed by atoms with Gasteiger partial charge < -0.3 is 0 Å². The van der Waals surface area contributed by atoms with Crippen LogP contribution >= 0.6 is 23.1 Å². The number of benzene rings is 2. The Balaban J connectivity index is 1.55. The van der Waals surface area contributed by atoms with Gasteiger partial charge in [0, 0.05) is 11.3 Å². The third kappa shape index (κ3) is 4.52. The summed E-state index contributed by atoms with van der Waals surface area (Å²) in [5.41, 5.74) is 1.90. The molecule has 0 fully saturated rings. The molecule has 0 bridgehead atoms. The molecule has 2 aromatic heterocycles. The Hall–Kier alpha value is -3.04. The third-order valence-corrected chi connectivity index (χ3v) is 5.94. The molecule has 146 valence electrons. The van der Waals surface area contributed by atoms with Gasteiger partial charge in [-0.15, -0.1) is 20.4 Å². The predicted molar refractivity (Wildman–Crippen MR) is 115 cm³/mol. The van der Waals surface area contributed by atoms with Gasteiger partial charge in [0.25, 0.3) is 0 Å². The molecule has 7 nitrogen and oxygen atoms in total. The maximum Gasteiger partial charge on any atom is 0.236 e. The minimum Gasteiger partial charge on any atom is -0.300 e. The van der Waals surface area contributed by atoms with Crippen LogP contribution in [0.3, 0.4) is 0 Å². The van der Waals surface area contributed by atoms with Crippen LogP contribution in [0.4, 0.5) is 5.13 Å². The molecule has 0 saturated carbocycles. The van der Waals surface area contributed by atoms with E-state index >= 15 is 0 Å². The Morgan fingerprint density at radius 2 is 1.72 bits per heavy atom. The molecule has 0 aliphatic rings. The summed E-state index contributed by atoms with van der Waals surface area (Å²) in [6, 6.07) is 19.8. The summed E-state index contributed by atoms with van der Waals surface area (Å²) in [6.45, 7) is 2.00. The maximum atomic E-state index is 12.4. The van der Waals surface area contributed by atoms with E-state index in [-0.39, 0.29) is 11.7 Å². The number of amides is 1. The van der Waals surface area contributed by atoms with E-state index in [0.29, 0.717) is 10.3 Å². The number of nitrogens with one attached hydrogen (secondary N) is 1. The molecular formula is C20H18N6OS2. The second-order valence-electron chi connectivity index (χ2n) is 6.03. The number of rotatable bonds is 7. The number of hydrogen-bond donors (Lipinski definition) is 1. The Kier molecular flexibility index (Phi) is 5.97. The average Bonchev–Trinajstić information content (AvgIpc) is 3.40. The van der Waals surface area contributed by atoms with E-state index in [2.05, 4.69) is 25.7 Å². The largest absolute Gasteiger partial charge is 0.300 e. The molecule has 0 saturated heterocycles. The van der Waals surface area contributed by atoms with E-state index in [1.165, 1.54) is 23.1 Å². The number of carbonyl (C=O) groups excluding carboxylic acids is 1. The van der Waals surface area contributed by atoms with Gasteiger partial charge in [0.15, 0.2) is 11.0 Å². The second kappa shape index (κ2) is 8.97. The standard InChI is InChI=1S/C20H18N6OS2/c1-2-17-22-24-19(29-17)21-16(27)13-28-20-25-23-18(14-9-5-3-6-10-14)26(20)15-11-7-4-8-12-15/h3-12H,2,13H2,1H3,(H,21,24,27). The second-order valence-corrected chi connectivity index (χ2v) is 8.04. The normalized spacial score (nSPS) is 10.8. The fraction of sp³-hybridized carbons (Fsp3) is 0.150. The van der Waals surface area contributed by atoms with Crippen molar-refractivity contribution in [3.05, 3.63) is 65.7 Å². The van der Waals surface area contributed by atoms with E-state index in [1.54, 1.807) is 0 Å². The van der Waals surface area contributed by atoms with Crippen LogP contribution in [0.25, 0.3) is 17.1 Å². The first-order valence-corrected chi connectivity index (χ1v) is 10.9. The number of carbonyl (C=O) groups is 1. The molecule has 0 unspecified atom stereocenters. The van der Waals surface area contributed by atoms with Crippen molar-refractivity contribution in [1.82, 2.24) is 25.0 Å². The van der Waals surface area contributed by atoms with Crippen molar-refractivity contribution in [2.45, 2.75) is 18.5 Å². The summed E-state index contributed by atoms with van der Waals surface area (Å²) >= 11 is 2.72. The molecule has 0 aliphatic heterocycles. The molecule has 1 N–H and O–H groups in total. The van der Waals surface area contributed by atoms with Crippen LogP contribution in [-0.4, -0.2) is 36.6 Å². The summed E-state index contributed by atoms with van der Waals surface area (Å²) < 4.78 is 1.97. The summed E-state index contributed by atoms with van der Waals surface area (Å²) in [7, 11) is 0. The van der Waals surface area contributed by atoms with Gasteiger partial charge in [0.1, 0.15) is 5.01 Å². The van der Waals surface area contributed by atoms with Crippen molar-refractivity contribution >= 4 is 34.1 Å². The molecular weight excluding hydrogens is 404 g/mol. The fourth-order valence-electron chi connectivity index (χ4n) is 2.68. The Morgan fingerprint density at radius 3 is 2.41 bits per heavy atom. The monoisotopic (exact) mass is 422 g/mol. The van der Waals surface area contributed by atoms with Crippen LogP contribution in [0.5, 0.6) is 0 Å². The van der Waals surface area contributed by atoms with Gasteiger partial charge in [-0.3, -0.25) is 14.7 Å². The van der Waals surface area contributed by atoms with Crippen molar-refractivity contribution in [3.63, 3.8) is 0 Å². The van der Waals surface area contributed by atoms with Gasteiger partial charge in [0.2, 0.25) is 11.0 Å². The Morgan fingerprint density at radius 1 is 1.00 bits per heavy atom. The molecule has 2 heterocycles. The number of hydrogen-bond acceptors (Lipinski definition) is 7. The van der Waals surface area contributed by atoms with E-state index in [1.807, 2.05) is 72.2 Å². The minimum atomic E-state index is -0.155. The molecule has 2 aromatic carbocycles. The molecule has 4 aromatic rings. The first-order valence-electron chi connectivity index (χ1n) is 9.06. The number of thioether (sulfide) groups is 1. The summed E-state index contributed by atoms with van der Waals surface area (Å²) in [6.07, 6.45) is 0.796. The highest BCUT2D eigenvalue weighted by Crippen LogP contribution is 2.28. The van der Waals surface area contributed by atoms with Gasteiger partial charge in [-0.05, 0) is 18.6 Å². The molecule has 9 heteroatoms. The molecule has 1 amide bonds. The lowest BCUT2D eigenvalue weighted by Gasteiger charge is -2.10. The predicted octanol–water partition coefficient (Wildman–Crippen LogP) is 4.08. The van der Waals surface area contributed by atoms with E-state index in [0.717, 1.165) is 28.5 Å². The van der Waals surface area contributed by atoms with Crippen molar-refractivity contribution in [1.29, 1.82) is 0 Å². The van der Waals surface area contributed by atoms with Crippen LogP contribution in [0.15, 0.2) is 65.8 Å². The van der Waals surface area contributed by atoms with Gasteiger partial charge >= 0.3 is 0 Å². The fourth-order valence-corrected chi connectivity index (χ4v) is 4.13. The van der Waals surface area contributed by atoms with Gasteiger partial charge in [-0.25, -0.2) is 0 Å². The molecule has 4 rings (SSSR count). The highest BCUT2D eigenvalue weighted by molar-refractivity contribution is 7.99. The van der Waals surface area contributed by atoms with Crippen molar-refractivity contribution in [2.75, 3.05) is 11.1 Å². The lowest BCUT2D eigenvalue weighted by atomic mass is 10.2. The topological polar surface area (TPSA) is 85.6 Å². The first-order chi connectivity index (χ1) is 14.2. The lowest BCUT2D eigenvalue weighted by molar-refractivity contribution is -0.113. The lowest BCUT2D eigenvalue weighted by Crippen LogP contribution is -2.14. The number of para-hydroxylation sites is 1. The smallest absolute Gasteiger partial charge is 0.236 e. The Labute approximate surface area is 176 Å². The first kappa shape index (κ1) is 19.3. The van der Waals surface area contributed by atoms with Crippen LogP contribution in [-0.2, 0) is 11.2 Å². The average molecular weight is 423 g/mol. The zero-order valence-corrected chi connectivity index (χ0v) is 17.3. The summed E-state index contributed by atoms with van der Waals surface area (Å²) in [4.78, 5) is 12.4. The minimum absolute atomic E-state index is 0.155. The summed E-state index contributed by atoms with van der Waals surface area (Å²) in [5, 5.41) is 21.6. The molecule has 0 aliphatic carbocycles. The maximum absolute atomic E-state index is 12.4. The number of anilines is 1. The highest BCUT2D eigenvalue weighted by atomic mass is 32.2. The van der Waals surface area contributed by atoms with Gasteiger partial charge in [-0.1, -0.05) is 78.6 Å². The quantitative estimate of drug-likeness (QED) is 0.452. The van der Waals surface area contributed by atoms with Crippen LogP contribution in [0.1, 0.15) is 11.9 Å². The van der Waals surface area contributed by atoms with Crippen LogP contribution in [0.2, 0.25) is 0 Å². The zero-order chi connectivity index (χ0) is 20.1. The molecule has 0 radical (unpaired) electrons. The van der Waals surface area contributed by atoms with Crippen molar-refractivity contribution in [2.24, 2.45) is 0 Å². The number of aromatic nitrogens is 5. The highest BCUT2D eigenvalue weighted by Gasteiger charge is 2.17. The SMILES string of the molecule is CCc1nnc(NC(=O)CSc2nnc(-c3ccccc3)n2-c2ccccc2)s1. The number of nitrogens with zero attached hydrogens (tertiary/aromatic N) is 5. The van der Waals surface area contributed by atoms with E-state index < -0.39 is 0 Å². The zero-order valence-electron chi connectivity index (χ0n) is 15.6. The summed E-state index contributed by atoms with van der Waals surface area (Å²) in [5.74, 6) is 0.773. The van der Waals surface area contributed by atoms with E-state index in [9.17, 15) is 4.79 Å². The van der Waals surface area contributed by atoms with Gasteiger partial charge in [0.05, 0.1) is 5.75 Å². The van der Waals surface area contributed by atoms with E-state index in [4.69, 9.17) is 0 Å². The third-order valence-electron chi connectivity index (χ3n) is 4.03. The van der Waals surface area contributed by atoms with Crippen LogP contribution < -0.4 is 5.32 Å². The van der Waals surface area contributed by atoms with Crippen LogP contribution in [0, 0.1) is 0 Å². The molecule has 0 spiro atoms. The van der Waals surface area contributed by atoms with Crippen molar-refractivity contribution in [3.8, 4) is 17.1 Å². The van der Waals surface area contributed by atoms with Crippen molar-refractivity contribution < 1.29 is 4.79 Å². The van der Waals surface area contributed by atoms with Gasteiger partial charge in [-0.2, -0.15) is 0 Å². The molecule has 29 heavy (non-hydrogen) atoms. The number of aryl methyl sites for hydroxylation is 1. The molecule has 0 atom stereocenters. The Bertz CT molecular complexity index is 1090.